The minimum absolute atomic E-state index is 0.000598. The first-order chi connectivity index (χ1) is 12.0. The molecule has 146 valence electrons. The van der Waals surface area contributed by atoms with Crippen LogP contribution in [0.5, 0.6) is 0 Å². The number of nitrogens with zero attached hydrogens (tertiary/aromatic N) is 2. The van der Waals surface area contributed by atoms with Crippen LogP contribution in [-0.4, -0.2) is 60.6 Å². The number of rotatable bonds is 8. The van der Waals surface area contributed by atoms with Gasteiger partial charge in [0.15, 0.2) is 0 Å². The Labute approximate surface area is 155 Å². The number of carbonyl (C=O) groups excluding carboxylic acids is 1. The Morgan fingerprint density at radius 3 is 2.48 bits per heavy atom. The Bertz CT molecular complexity index is 405. The van der Waals surface area contributed by atoms with E-state index < -0.39 is 0 Å². The molecule has 1 spiro atoms. The van der Waals surface area contributed by atoms with E-state index in [9.17, 15) is 4.79 Å². The van der Waals surface area contributed by atoms with Gasteiger partial charge in [0, 0.05) is 32.1 Å². The maximum absolute atomic E-state index is 12.5. The van der Waals surface area contributed by atoms with Crippen molar-refractivity contribution in [3.63, 3.8) is 0 Å². The molecular weight excluding hydrogens is 312 g/mol. The second-order valence-corrected chi connectivity index (χ2v) is 8.48. The van der Waals surface area contributed by atoms with Gasteiger partial charge < -0.3 is 9.64 Å². The third kappa shape index (κ3) is 5.96. The fourth-order valence-electron chi connectivity index (χ4n) is 4.29. The Morgan fingerprint density at radius 1 is 1.12 bits per heavy atom. The quantitative estimate of drug-likeness (QED) is 0.663. The first-order valence-corrected chi connectivity index (χ1v) is 10.6. The molecule has 25 heavy (non-hydrogen) atoms. The SMILES string of the molecule is CCCC(C)C(=O)N1CCC2(CC1)CN(CCCC(C)CC)CCO2. The van der Waals surface area contributed by atoms with E-state index in [1.165, 1.54) is 25.8 Å². The number of hydrogen-bond acceptors (Lipinski definition) is 3. The predicted molar refractivity (Wildman–Crippen MR) is 104 cm³/mol. The van der Waals surface area contributed by atoms with Crippen molar-refractivity contribution >= 4 is 5.91 Å². The van der Waals surface area contributed by atoms with E-state index in [0.29, 0.717) is 5.91 Å². The molecule has 4 nitrogen and oxygen atoms in total. The summed E-state index contributed by atoms with van der Waals surface area (Å²) in [7, 11) is 0. The van der Waals surface area contributed by atoms with Crippen LogP contribution in [0.2, 0.25) is 0 Å². The van der Waals surface area contributed by atoms with Crippen LogP contribution >= 0.6 is 0 Å². The van der Waals surface area contributed by atoms with Gasteiger partial charge >= 0.3 is 0 Å². The summed E-state index contributed by atoms with van der Waals surface area (Å²) in [6, 6.07) is 0. The van der Waals surface area contributed by atoms with Crippen molar-refractivity contribution in [2.24, 2.45) is 11.8 Å². The fraction of sp³-hybridized carbons (Fsp3) is 0.952. The molecule has 0 radical (unpaired) electrons. The fourth-order valence-corrected chi connectivity index (χ4v) is 4.29. The predicted octanol–water partition coefficient (Wildman–Crippen LogP) is 3.94. The lowest BCUT2D eigenvalue weighted by Crippen LogP contribution is -2.58. The second-order valence-electron chi connectivity index (χ2n) is 8.48. The summed E-state index contributed by atoms with van der Waals surface area (Å²) in [5.41, 5.74) is -0.000598. The molecule has 0 aromatic rings. The number of piperidine rings is 1. The van der Waals surface area contributed by atoms with Gasteiger partial charge in [-0.1, -0.05) is 40.5 Å². The molecule has 2 aliphatic heterocycles. The average molecular weight is 353 g/mol. The lowest BCUT2D eigenvalue weighted by atomic mass is 9.88. The molecule has 0 aromatic carbocycles. The van der Waals surface area contributed by atoms with Crippen LogP contribution in [0.3, 0.4) is 0 Å². The van der Waals surface area contributed by atoms with Crippen molar-refractivity contribution < 1.29 is 9.53 Å². The highest BCUT2D eigenvalue weighted by atomic mass is 16.5. The zero-order chi connectivity index (χ0) is 18.3. The van der Waals surface area contributed by atoms with Crippen molar-refractivity contribution in [2.45, 2.75) is 78.2 Å². The highest BCUT2D eigenvalue weighted by molar-refractivity contribution is 5.78. The Hall–Kier alpha value is -0.610. The molecule has 2 saturated heterocycles. The normalized spacial score (nSPS) is 23.6. The summed E-state index contributed by atoms with van der Waals surface area (Å²) >= 11 is 0. The van der Waals surface area contributed by atoms with Gasteiger partial charge in [-0.2, -0.15) is 0 Å². The zero-order valence-corrected chi connectivity index (χ0v) is 17.1. The van der Waals surface area contributed by atoms with Crippen molar-refractivity contribution in [1.29, 1.82) is 0 Å². The molecule has 0 bridgehead atoms. The number of likely N-dealkylation sites (tertiary alicyclic amines) is 1. The summed E-state index contributed by atoms with van der Waals surface area (Å²) in [5, 5.41) is 0. The molecular formula is C21H40N2O2. The van der Waals surface area contributed by atoms with Gasteiger partial charge in [-0.25, -0.2) is 0 Å². The van der Waals surface area contributed by atoms with Crippen molar-refractivity contribution in [2.75, 3.05) is 39.3 Å². The highest BCUT2D eigenvalue weighted by Gasteiger charge is 2.40. The van der Waals surface area contributed by atoms with E-state index in [1.54, 1.807) is 0 Å². The Kier molecular flexibility index (Phi) is 8.21. The molecule has 0 aliphatic carbocycles. The number of amides is 1. The second kappa shape index (κ2) is 9.91. The molecule has 2 unspecified atom stereocenters. The molecule has 0 aromatic heterocycles. The summed E-state index contributed by atoms with van der Waals surface area (Å²) in [6.07, 6.45) is 8.00. The zero-order valence-electron chi connectivity index (χ0n) is 17.1. The van der Waals surface area contributed by atoms with Crippen molar-refractivity contribution in [3.8, 4) is 0 Å². The highest BCUT2D eigenvalue weighted by Crippen LogP contribution is 2.31. The van der Waals surface area contributed by atoms with E-state index in [4.69, 9.17) is 4.74 Å². The number of ether oxygens (including phenoxy) is 1. The molecule has 2 fully saturated rings. The standard InChI is InChI=1S/C21H40N2O2/c1-5-8-19(4)20(24)23-13-10-21(11-14-23)17-22(15-16-25-21)12-7-9-18(3)6-2/h18-19H,5-17H2,1-4H3. The van der Waals surface area contributed by atoms with Gasteiger partial charge in [-0.05, 0) is 44.6 Å². The minimum Gasteiger partial charge on any atom is -0.372 e. The Balaban J connectivity index is 1.78. The first kappa shape index (κ1) is 20.7. The Morgan fingerprint density at radius 2 is 1.84 bits per heavy atom. The van der Waals surface area contributed by atoms with Gasteiger partial charge in [0.2, 0.25) is 5.91 Å². The average Bonchev–Trinajstić information content (AvgIpc) is 2.62. The summed E-state index contributed by atoms with van der Waals surface area (Å²) in [6.45, 7) is 14.8. The monoisotopic (exact) mass is 352 g/mol. The van der Waals surface area contributed by atoms with Crippen molar-refractivity contribution in [1.82, 2.24) is 9.80 Å². The summed E-state index contributed by atoms with van der Waals surface area (Å²) in [5.74, 6) is 1.36. The maximum Gasteiger partial charge on any atom is 0.225 e. The molecule has 0 saturated carbocycles. The van der Waals surface area contributed by atoms with Crippen molar-refractivity contribution in [3.05, 3.63) is 0 Å². The number of morpholine rings is 1. The largest absolute Gasteiger partial charge is 0.372 e. The van der Waals surface area contributed by atoms with E-state index in [0.717, 1.165) is 64.4 Å². The van der Waals surface area contributed by atoms with Gasteiger partial charge in [0.1, 0.15) is 0 Å². The lowest BCUT2D eigenvalue weighted by molar-refractivity contribution is -0.153. The molecule has 4 heteroatoms. The topological polar surface area (TPSA) is 32.8 Å². The van der Waals surface area contributed by atoms with E-state index in [1.807, 2.05) is 0 Å². The summed E-state index contributed by atoms with van der Waals surface area (Å²) < 4.78 is 6.24. The van der Waals surface area contributed by atoms with Gasteiger partial charge in [-0.15, -0.1) is 0 Å². The first-order valence-electron chi connectivity index (χ1n) is 10.6. The van der Waals surface area contributed by atoms with Crippen LogP contribution in [0.15, 0.2) is 0 Å². The molecule has 2 atom stereocenters. The summed E-state index contributed by atoms with van der Waals surface area (Å²) in [4.78, 5) is 17.2. The van der Waals surface area contributed by atoms with Crippen LogP contribution in [0.4, 0.5) is 0 Å². The van der Waals surface area contributed by atoms with Crippen LogP contribution in [0.25, 0.3) is 0 Å². The smallest absolute Gasteiger partial charge is 0.225 e. The van der Waals surface area contributed by atoms with Crippen LogP contribution in [0.1, 0.15) is 72.6 Å². The van der Waals surface area contributed by atoms with Gasteiger partial charge in [-0.3, -0.25) is 9.69 Å². The molecule has 0 N–H and O–H groups in total. The maximum atomic E-state index is 12.5. The molecule has 2 aliphatic rings. The molecule has 2 rings (SSSR count). The number of carbonyl (C=O) groups is 1. The van der Waals surface area contributed by atoms with Gasteiger partial charge in [0.05, 0.1) is 12.2 Å². The van der Waals surface area contributed by atoms with Crippen LogP contribution in [0, 0.1) is 11.8 Å². The van der Waals surface area contributed by atoms with E-state index in [-0.39, 0.29) is 11.5 Å². The molecule has 1 amide bonds. The van der Waals surface area contributed by atoms with Crippen LogP contribution in [-0.2, 0) is 9.53 Å². The van der Waals surface area contributed by atoms with E-state index >= 15 is 0 Å². The van der Waals surface area contributed by atoms with Crippen LogP contribution < -0.4 is 0 Å². The lowest BCUT2D eigenvalue weighted by Gasteiger charge is -2.47. The third-order valence-corrected chi connectivity index (χ3v) is 6.33. The van der Waals surface area contributed by atoms with E-state index in [2.05, 4.69) is 37.5 Å². The van der Waals surface area contributed by atoms with Gasteiger partial charge in [0.25, 0.3) is 0 Å². The third-order valence-electron chi connectivity index (χ3n) is 6.33. The minimum atomic E-state index is -0.000598. The molecule has 2 heterocycles. The number of hydrogen-bond donors (Lipinski definition) is 0.